The second-order valence-corrected chi connectivity index (χ2v) is 2.51. The third kappa shape index (κ3) is 2.65. The number of aliphatic hydroxyl groups excluding tert-OH is 1. The monoisotopic (exact) mass is 219 g/mol. The number of hydrogen-bond donors (Lipinski definition) is 2. The van der Waals surface area contributed by atoms with Crippen LogP contribution >= 0.6 is 0 Å². The second kappa shape index (κ2) is 4.70. The Bertz CT molecular complexity index is 195. The molecule has 7 heteroatoms. The van der Waals surface area contributed by atoms with Gasteiger partial charge in [-0.05, 0) is 6.08 Å². The lowest BCUT2D eigenvalue weighted by atomic mass is 10.1. The zero-order valence-electron chi connectivity index (χ0n) is 7.11. The van der Waals surface area contributed by atoms with Crippen LogP contribution in [-0.4, -0.2) is 36.4 Å². The van der Waals surface area contributed by atoms with Crippen LogP contribution in [0.15, 0.2) is 12.7 Å². The lowest BCUT2D eigenvalue weighted by molar-refractivity contribution is -0.234. The van der Waals surface area contributed by atoms with Crippen molar-refractivity contribution in [2.24, 2.45) is 0 Å². The normalized spacial score (nSPS) is 18.7. The highest BCUT2D eigenvalue weighted by atomic mass is 19.4. The van der Waals surface area contributed by atoms with E-state index in [1.807, 2.05) is 0 Å². The van der Waals surface area contributed by atoms with Crippen molar-refractivity contribution in [3.05, 3.63) is 12.7 Å². The van der Waals surface area contributed by atoms with Gasteiger partial charge in [-0.1, -0.05) is 6.58 Å². The first kappa shape index (κ1) is 13.3. The number of alkyl halides is 5. The molecule has 0 spiro atoms. The van der Waals surface area contributed by atoms with Gasteiger partial charge >= 0.3 is 6.18 Å². The molecule has 0 bridgehead atoms. The Hall–Kier alpha value is -0.690. The van der Waals surface area contributed by atoms with E-state index in [0.29, 0.717) is 0 Å². The SMILES string of the molecule is C=CC(F)(C(F)NCCO)C(F)(F)F. The quantitative estimate of drug-likeness (QED) is 0.415. The molecule has 0 aliphatic rings. The Morgan fingerprint density at radius 2 is 1.86 bits per heavy atom. The average molecular weight is 219 g/mol. The third-order valence-electron chi connectivity index (χ3n) is 1.54. The summed E-state index contributed by atoms with van der Waals surface area (Å²) in [4.78, 5) is 0. The summed E-state index contributed by atoms with van der Waals surface area (Å²) in [5.74, 6) is 0. The van der Waals surface area contributed by atoms with Gasteiger partial charge in [0.15, 0.2) is 6.30 Å². The van der Waals surface area contributed by atoms with Gasteiger partial charge in [0.1, 0.15) is 0 Å². The molecule has 0 heterocycles. The van der Waals surface area contributed by atoms with Crippen molar-refractivity contribution in [3.63, 3.8) is 0 Å². The summed E-state index contributed by atoms with van der Waals surface area (Å²) in [6.07, 6.45) is -8.51. The lowest BCUT2D eigenvalue weighted by Crippen LogP contribution is -2.53. The first-order valence-corrected chi connectivity index (χ1v) is 3.67. The standard InChI is InChI=1S/C7H10F5NO/c1-2-6(9,7(10,11)12)5(8)13-3-4-14/h2,5,13-14H,1,3-4H2. The van der Waals surface area contributed by atoms with Gasteiger partial charge in [-0.3, -0.25) is 5.32 Å². The van der Waals surface area contributed by atoms with Crippen LogP contribution in [0.1, 0.15) is 0 Å². The van der Waals surface area contributed by atoms with E-state index in [2.05, 4.69) is 6.58 Å². The van der Waals surface area contributed by atoms with Crippen LogP contribution in [0.2, 0.25) is 0 Å². The van der Waals surface area contributed by atoms with Crippen molar-refractivity contribution in [2.75, 3.05) is 13.2 Å². The number of rotatable bonds is 5. The van der Waals surface area contributed by atoms with Crippen molar-refractivity contribution in [1.82, 2.24) is 5.32 Å². The van der Waals surface area contributed by atoms with Crippen LogP contribution < -0.4 is 5.32 Å². The van der Waals surface area contributed by atoms with E-state index in [9.17, 15) is 22.0 Å². The van der Waals surface area contributed by atoms with Gasteiger partial charge < -0.3 is 5.11 Å². The summed E-state index contributed by atoms with van der Waals surface area (Å²) in [6, 6.07) is 0. The summed E-state index contributed by atoms with van der Waals surface area (Å²) >= 11 is 0. The first-order chi connectivity index (χ1) is 6.29. The molecule has 0 amide bonds. The van der Waals surface area contributed by atoms with E-state index >= 15 is 0 Å². The minimum Gasteiger partial charge on any atom is -0.395 e. The molecule has 0 aromatic heterocycles. The molecule has 2 nitrogen and oxygen atoms in total. The van der Waals surface area contributed by atoms with E-state index in [-0.39, 0.29) is 6.08 Å². The maximum atomic E-state index is 13.0. The van der Waals surface area contributed by atoms with Gasteiger partial charge in [0, 0.05) is 6.54 Å². The van der Waals surface area contributed by atoms with E-state index in [1.165, 1.54) is 0 Å². The number of nitrogens with one attached hydrogen (secondary N) is 1. The molecule has 0 rings (SSSR count). The minimum atomic E-state index is -5.38. The minimum absolute atomic E-state index is 0.151. The molecular formula is C7H10F5NO. The molecule has 0 radical (unpaired) electrons. The molecule has 0 aromatic carbocycles. The van der Waals surface area contributed by atoms with Gasteiger partial charge in [-0.15, -0.1) is 0 Å². The molecule has 2 unspecified atom stereocenters. The summed E-state index contributed by atoms with van der Waals surface area (Å²) in [7, 11) is 0. The Kier molecular flexibility index (Phi) is 4.47. The van der Waals surface area contributed by atoms with Gasteiger partial charge in [0.05, 0.1) is 6.61 Å². The Morgan fingerprint density at radius 3 is 2.14 bits per heavy atom. The summed E-state index contributed by atoms with van der Waals surface area (Å²) in [5, 5.41) is 9.75. The van der Waals surface area contributed by atoms with Crippen LogP contribution in [0.25, 0.3) is 0 Å². The molecule has 14 heavy (non-hydrogen) atoms. The molecule has 2 atom stereocenters. The third-order valence-corrected chi connectivity index (χ3v) is 1.54. The Balaban J connectivity index is 4.60. The van der Waals surface area contributed by atoms with E-state index in [0.717, 1.165) is 0 Å². The summed E-state index contributed by atoms with van der Waals surface area (Å²) < 4.78 is 61.7. The van der Waals surface area contributed by atoms with Gasteiger partial charge in [0.2, 0.25) is 0 Å². The molecule has 0 saturated carbocycles. The molecule has 0 saturated heterocycles. The Labute approximate surface area is 77.4 Å². The zero-order chi connectivity index (χ0) is 11.4. The van der Waals surface area contributed by atoms with Crippen molar-refractivity contribution in [1.29, 1.82) is 0 Å². The highest BCUT2D eigenvalue weighted by molar-refractivity contribution is 5.06. The average Bonchev–Trinajstić information content (AvgIpc) is 2.10. The maximum Gasteiger partial charge on any atom is 0.430 e. The van der Waals surface area contributed by atoms with Crippen LogP contribution in [0, 0.1) is 0 Å². The van der Waals surface area contributed by atoms with Crippen LogP contribution in [-0.2, 0) is 0 Å². The Morgan fingerprint density at radius 1 is 1.36 bits per heavy atom. The molecular weight excluding hydrogens is 209 g/mol. The highest BCUT2D eigenvalue weighted by Crippen LogP contribution is 2.38. The van der Waals surface area contributed by atoms with Crippen LogP contribution in [0.3, 0.4) is 0 Å². The molecule has 0 aliphatic carbocycles. The number of aliphatic hydroxyl groups is 1. The summed E-state index contributed by atoms with van der Waals surface area (Å²) in [5.41, 5.74) is -4.14. The topological polar surface area (TPSA) is 32.3 Å². The van der Waals surface area contributed by atoms with Crippen molar-refractivity contribution in [2.45, 2.75) is 18.1 Å². The second-order valence-electron chi connectivity index (χ2n) is 2.51. The number of hydrogen-bond acceptors (Lipinski definition) is 2. The predicted molar refractivity (Wildman–Crippen MR) is 40.1 cm³/mol. The molecule has 84 valence electrons. The summed E-state index contributed by atoms with van der Waals surface area (Å²) in [6.45, 7) is 1.52. The van der Waals surface area contributed by atoms with Gasteiger partial charge in [-0.25, -0.2) is 8.78 Å². The first-order valence-electron chi connectivity index (χ1n) is 3.67. The fraction of sp³-hybridized carbons (Fsp3) is 0.714. The largest absolute Gasteiger partial charge is 0.430 e. The van der Waals surface area contributed by atoms with Crippen LogP contribution in [0.4, 0.5) is 22.0 Å². The highest BCUT2D eigenvalue weighted by Gasteiger charge is 2.59. The van der Waals surface area contributed by atoms with E-state index in [4.69, 9.17) is 5.11 Å². The van der Waals surface area contributed by atoms with Crippen molar-refractivity contribution >= 4 is 0 Å². The smallest absolute Gasteiger partial charge is 0.395 e. The fourth-order valence-corrected chi connectivity index (χ4v) is 0.703. The molecule has 0 aromatic rings. The molecule has 0 aliphatic heterocycles. The van der Waals surface area contributed by atoms with E-state index < -0.39 is 31.3 Å². The lowest BCUT2D eigenvalue weighted by Gasteiger charge is -2.28. The van der Waals surface area contributed by atoms with Gasteiger partial charge in [-0.2, -0.15) is 13.2 Å². The maximum absolute atomic E-state index is 13.0. The molecule has 2 N–H and O–H groups in total. The zero-order valence-corrected chi connectivity index (χ0v) is 7.11. The number of halogens is 5. The predicted octanol–water partition coefficient (Wildman–Crippen LogP) is 1.32. The van der Waals surface area contributed by atoms with E-state index in [1.54, 1.807) is 5.32 Å². The molecule has 0 fully saturated rings. The van der Waals surface area contributed by atoms with Gasteiger partial charge in [0.25, 0.3) is 5.67 Å². The van der Waals surface area contributed by atoms with Crippen LogP contribution in [0.5, 0.6) is 0 Å². The van der Waals surface area contributed by atoms with Crippen molar-refractivity contribution in [3.8, 4) is 0 Å². The van der Waals surface area contributed by atoms with Crippen molar-refractivity contribution < 1.29 is 27.1 Å². The fourth-order valence-electron chi connectivity index (χ4n) is 0.703.